The Morgan fingerprint density at radius 3 is 2.23 bits per heavy atom. The van der Waals surface area contributed by atoms with E-state index in [9.17, 15) is 4.79 Å². The minimum atomic E-state index is -0.0221. The summed E-state index contributed by atoms with van der Waals surface area (Å²) in [4.78, 5) is 19.4. The predicted octanol–water partition coefficient (Wildman–Crippen LogP) is 5.63. The van der Waals surface area contributed by atoms with Crippen molar-refractivity contribution in [1.82, 2.24) is 4.98 Å². The fraction of sp³-hybridized carbons (Fsp3) is 0.0909. The van der Waals surface area contributed by atoms with Crippen molar-refractivity contribution in [2.45, 2.75) is 6.92 Å². The van der Waals surface area contributed by atoms with Crippen LogP contribution in [0.15, 0.2) is 78.9 Å². The zero-order chi connectivity index (χ0) is 17.9. The van der Waals surface area contributed by atoms with Gasteiger partial charge in [0.2, 0.25) is 0 Å². The molecule has 4 heteroatoms. The van der Waals surface area contributed by atoms with E-state index >= 15 is 0 Å². The van der Waals surface area contributed by atoms with Crippen LogP contribution in [0.5, 0.6) is 0 Å². The quantitative estimate of drug-likeness (QED) is 0.474. The monoisotopic (exact) mass is 358 g/mol. The van der Waals surface area contributed by atoms with Gasteiger partial charge in [0.05, 0.1) is 10.2 Å². The summed E-state index contributed by atoms with van der Waals surface area (Å²) in [5.41, 5.74) is 3.85. The van der Waals surface area contributed by atoms with Crippen LogP contribution < -0.4 is 4.90 Å². The Morgan fingerprint density at radius 1 is 0.885 bits per heavy atom. The number of hydrogen-bond donors (Lipinski definition) is 0. The van der Waals surface area contributed by atoms with E-state index in [2.05, 4.69) is 17.1 Å². The Labute approximate surface area is 156 Å². The average Bonchev–Trinajstić information content (AvgIpc) is 3.13. The molecule has 0 saturated carbocycles. The van der Waals surface area contributed by atoms with Crippen molar-refractivity contribution in [3.8, 4) is 11.1 Å². The predicted molar refractivity (Wildman–Crippen MR) is 109 cm³/mol. The average molecular weight is 358 g/mol. The topological polar surface area (TPSA) is 33.2 Å². The van der Waals surface area contributed by atoms with Crippen molar-refractivity contribution in [2.24, 2.45) is 0 Å². The molecule has 0 fully saturated rings. The maximum absolute atomic E-state index is 13.0. The first-order valence-electron chi connectivity index (χ1n) is 8.59. The SMILES string of the molecule is CCN(C(=O)c1ccc(-c2ccccc2)cc1)c1nc2ccccc2s1. The molecule has 3 aromatic carbocycles. The van der Waals surface area contributed by atoms with E-state index in [1.54, 1.807) is 16.2 Å². The van der Waals surface area contributed by atoms with Gasteiger partial charge in [-0.3, -0.25) is 9.69 Å². The fourth-order valence-electron chi connectivity index (χ4n) is 2.93. The molecule has 0 aliphatic heterocycles. The molecule has 0 saturated heterocycles. The number of hydrogen-bond acceptors (Lipinski definition) is 3. The Balaban J connectivity index is 1.62. The summed E-state index contributed by atoms with van der Waals surface area (Å²) in [5.74, 6) is -0.0221. The number of nitrogens with zero attached hydrogens (tertiary/aromatic N) is 2. The number of carbonyl (C=O) groups is 1. The van der Waals surface area contributed by atoms with Gasteiger partial charge in [0.1, 0.15) is 0 Å². The van der Waals surface area contributed by atoms with Crippen molar-refractivity contribution in [1.29, 1.82) is 0 Å². The second kappa shape index (κ2) is 7.10. The lowest BCUT2D eigenvalue weighted by Gasteiger charge is -2.17. The standard InChI is InChI=1S/C22H18N2OS/c1-2-24(22-23-19-10-6-7-11-20(19)26-22)21(25)18-14-12-17(13-15-18)16-8-4-3-5-9-16/h3-15H,2H2,1H3. The molecule has 0 unspecified atom stereocenters. The largest absolute Gasteiger partial charge is 0.284 e. The number of fused-ring (bicyclic) bond motifs is 1. The van der Waals surface area contributed by atoms with Gasteiger partial charge < -0.3 is 0 Å². The molecule has 1 aromatic heterocycles. The molecule has 0 bridgehead atoms. The lowest BCUT2D eigenvalue weighted by atomic mass is 10.0. The van der Waals surface area contributed by atoms with Crippen LogP contribution in [0.2, 0.25) is 0 Å². The van der Waals surface area contributed by atoms with Crippen LogP contribution in [-0.2, 0) is 0 Å². The number of carbonyl (C=O) groups excluding carboxylic acids is 1. The first-order valence-corrected chi connectivity index (χ1v) is 9.41. The Hall–Kier alpha value is -2.98. The second-order valence-corrected chi connectivity index (χ2v) is 6.97. The highest BCUT2D eigenvalue weighted by Crippen LogP contribution is 2.29. The van der Waals surface area contributed by atoms with E-state index in [1.165, 1.54) is 0 Å². The van der Waals surface area contributed by atoms with Gasteiger partial charge in [-0.1, -0.05) is 65.9 Å². The van der Waals surface area contributed by atoms with Crippen molar-refractivity contribution in [3.05, 3.63) is 84.4 Å². The normalized spacial score (nSPS) is 10.8. The summed E-state index contributed by atoms with van der Waals surface area (Å²) in [6, 6.07) is 25.9. The number of anilines is 1. The molecule has 0 N–H and O–H groups in total. The number of rotatable bonds is 4. The van der Waals surface area contributed by atoms with E-state index in [0.29, 0.717) is 12.1 Å². The number of amides is 1. The molecular weight excluding hydrogens is 340 g/mol. The van der Waals surface area contributed by atoms with Gasteiger partial charge in [-0.15, -0.1) is 0 Å². The molecule has 0 atom stereocenters. The van der Waals surface area contributed by atoms with Gasteiger partial charge in [-0.05, 0) is 42.3 Å². The molecule has 4 rings (SSSR count). The van der Waals surface area contributed by atoms with Crippen LogP contribution in [0.4, 0.5) is 5.13 Å². The van der Waals surface area contributed by atoms with Gasteiger partial charge in [-0.2, -0.15) is 0 Å². The molecule has 0 radical (unpaired) electrons. The third kappa shape index (κ3) is 3.11. The van der Waals surface area contributed by atoms with Gasteiger partial charge in [-0.25, -0.2) is 4.98 Å². The first kappa shape index (κ1) is 16.5. The molecule has 0 aliphatic carbocycles. The molecule has 1 amide bonds. The molecule has 26 heavy (non-hydrogen) atoms. The summed E-state index contributed by atoms with van der Waals surface area (Å²) in [5, 5.41) is 0.742. The molecule has 3 nitrogen and oxygen atoms in total. The Kier molecular flexibility index (Phi) is 4.50. The van der Waals surface area contributed by atoms with E-state index in [4.69, 9.17) is 0 Å². The van der Waals surface area contributed by atoms with E-state index < -0.39 is 0 Å². The van der Waals surface area contributed by atoms with Gasteiger partial charge >= 0.3 is 0 Å². The number of aromatic nitrogens is 1. The van der Waals surface area contributed by atoms with E-state index in [0.717, 1.165) is 26.5 Å². The maximum atomic E-state index is 13.0. The van der Waals surface area contributed by atoms with Crippen LogP contribution in [0.25, 0.3) is 21.3 Å². The van der Waals surface area contributed by atoms with E-state index in [1.807, 2.05) is 73.7 Å². The van der Waals surface area contributed by atoms with Crippen molar-refractivity contribution < 1.29 is 4.79 Å². The summed E-state index contributed by atoms with van der Waals surface area (Å²) >= 11 is 1.55. The lowest BCUT2D eigenvalue weighted by molar-refractivity contribution is 0.0988. The zero-order valence-electron chi connectivity index (χ0n) is 14.4. The van der Waals surface area contributed by atoms with Crippen LogP contribution >= 0.6 is 11.3 Å². The van der Waals surface area contributed by atoms with E-state index in [-0.39, 0.29) is 5.91 Å². The van der Waals surface area contributed by atoms with Gasteiger partial charge in [0.25, 0.3) is 5.91 Å². The number of thiazole rings is 1. The van der Waals surface area contributed by atoms with Gasteiger partial charge in [0, 0.05) is 12.1 Å². The van der Waals surface area contributed by atoms with Crippen LogP contribution in [0, 0.1) is 0 Å². The summed E-state index contributed by atoms with van der Waals surface area (Å²) in [6.07, 6.45) is 0. The highest BCUT2D eigenvalue weighted by molar-refractivity contribution is 7.22. The van der Waals surface area contributed by atoms with Crippen LogP contribution in [0.1, 0.15) is 17.3 Å². The third-order valence-corrected chi connectivity index (χ3v) is 5.37. The fourth-order valence-corrected chi connectivity index (χ4v) is 3.96. The highest BCUT2D eigenvalue weighted by Gasteiger charge is 2.19. The molecule has 128 valence electrons. The molecular formula is C22H18N2OS. The highest BCUT2D eigenvalue weighted by atomic mass is 32.1. The molecule has 1 heterocycles. The van der Waals surface area contributed by atoms with Crippen molar-refractivity contribution in [2.75, 3.05) is 11.4 Å². The molecule has 0 spiro atoms. The second-order valence-electron chi connectivity index (χ2n) is 5.96. The summed E-state index contributed by atoms with van der Waals surface area (Å²) in [6.45, 7) is 2.56. The zero-order valence-corrected chi connectivity index (χ0v) is 15.2. The van der Waals surface area contributed by atoms with Crippen molar-refractivity contribution >= 4 is 32.6 Å². The maximum Gasteiger partial charge on any atom is 0.260 e. The minimum absolute atomic E-state index is 0.0221. The minimum Gasteiger partial charge on any atom is -0.284 e. The first-order chi connectivity index (χ1) is 12.8. The molecule has 0 aliphatic rings. The van der Waals surface area contributed by atoms with Crippen LogP contribution in [-0.4, -0.2) is 17.4 Å². The third-order valence-electron chi connectivity index (χ3n) is 4.31. The molecule has 4 aromatic rings. The Bertz CT molecular complexity index is 1010. The summed E-state index contributed by atoms with van der Waals surface area (Å²) < 4.78 is 1.09. The lowest BCUT2D eigenvalue weighted by Crippen LogP contribution is -2.30. The number of benzene rings is 3. The summed E-state index contributed by atoms with van der Waals surface area (Å²) in [7, 11) is 0. The smallest absolute Gasteiger partial charge is 0.260 e. The number of para-hydroxylation sites is 1. The van der Waals surface area contributed by atoms with Gasteiger partial charge in [0.15, 0.2) is 5.13 Å². The van der Waals surface area contributed by atoms with Crippen LogP contribution in [0.3, 0.4) is 0 Å². The van der Waals surface area contributed by atoms with Crippen molar-refractivity contribution in [3.63, 3.8) is 0 Å². The Morgan fingerprint density at radius 2 is 1.54 bits per heavy atom.